The molecule has 19 heavy (non-hydrogen) atoms. The minimum atomic E-state index is -0.935. The first-order valence-corrected chi connectivity index (χ1v) is 6.49. The maximum absolute atomic E-state index is 11.7. The molecule has 104 valence electrons. The van der Waals surface area contributed by atoms with Crippen LogP contribution in [0.3, 0.4) is 0 Å². The minimum Gasteiger partial charge on any atom is -0.508 e. The first-order chi connectivity index (χ1) is 9.02. The Morgan fingerprint density at radius 1 is 1.42 bits per heavy atom. The fourth-order valence-electron chi connectivity index (χ4n) is 2.54. The van der Waals surface area contributed by atoms with Crippen LogP contribution in [0.15, 0.2) is 24.3 Å². The van der Waals surface area contributed by atoms with Crippen LogP contribution in [0.5, 0.6) is 5.75 Å². The lowest BCUT2D eigenvalue weighted by atomic mass is 9.90. The molecular formula is C14H20N2O3. The molecule has 1 aromatic carbocycles. The van der Waals surface area contributed by atoms with Crippen LogP contribution >= 0.6 is 0 Å². The van der Waals surface area contributed by atoms with Gasteiger partial charge in [0, 0.05) is 32.6 Å². The largest absolute Gasteiger partial charge is 0.508 e. The number of aromatic hydroxyl groups is 1. The van der Waals surface area contributed by atoms with Crippen molar-refractivity contribution >= 4 is 5.97 Å². The van der Waals surface area contributed by atoms with E-state index in [1.807, 2.05) is 11.0 Å². The van der Waals surface area contributed by atoms with Gasteiger partial charge in [-0.1, -0.05) is 12.1 Å². The van der Waals surface area contributed by atoms with Gasteiger partial charge in [0.2, 0.25) is 0 Å². The third kappa shape index (κ3) is 3.05. The van der Waals surface area contributed by atoms with Gasteiger partial charge in [0.15, 0.2) is 0 Å². The van der Waals surface area contributed by atoms with E-state index in [9.17, 15) is 15.0 Å². The molecule has 5 nitrogen and oxygen atoms in total. The maximum atomic E-state index is 11.7. The minimum absolute atomic E-state index is 0.172. The summed E-state index contributed by atoms with van der Waals surface area (Å²) in [5.74, 6) is -0.650. The zero-order chi connectivity index (χ0) is 13.9. The molecule has 0 spiro atoms. The molecule has 1 atom stereocenters. The number of phenols is 1. The second-order valence-corrected chi connectivity index (χ2v) is 5.16. The number of nitrogens with one attached hydrogen (secondary N) is 1. The van der Waals surface area contributed by atoms with Crippen LogP contribution < -0.4 is 5.32 Å². The Bertz CT molecular complexity index is 458. The van der Waals surface area contributed by atoms with Crippen molar-refractivity contribution < 1.29 is 15.0 Å². The van der Waals surface area contributed by atoms with E-state index >= 15 is 0 Å². The molecule has 5 heteroatoms. The van der Waals surface area contributed by atoms with E-state index in [1.165, 1.54) is 0 Å². The second-order valence-electron chi connectivity index (χ2n) is 5.16. The number of hydrogen-bond acceptors (Lipinski definition) is 4. The van der Waals surface area contributed by atoms with Crippen LogP contribution in [-0.4, -0.2) is 52.8 Å². The highest BCUT2D eigenvalue weighted by atomic mass is 16.4. The van der Waals surface area contributed by atoms with E-state index in [1.54, 1.807) is 25.1 Å². The molecule has 1 heterocycles. The van der Waals surface area contributed by atoms with Crippen molar-refractivity contribution in [2.75, 3.05) is 26.2 Å². The first kappa shape index (κ1) is 13.8. The molecule has 0 radical (unpaired) electrons. The van der Waals surface area contributed by atoms with Gasteiger partial charge in [-0.2, -0.15) is 0 Å². The summed E-state index contributed by atoms with van der Waals surface area (Å²) in [4.78, 5) is 13.7. The van der Waals surface area contributed by atoms with E-state index in [-0.39, 0.29) is 5.75 Å². The maximum Gasteiger partial charge on any atom is 0.324 e. The van der Waals surface area contributed by atoms with E-state index in [0.717, 1.165) is 31.7 Å². The number of benzene rings is 1. The standard InChI is InChI=1S/C14H20N2O3/c1-14(13(18)19,16-7-5-15-6-8-16)10-11-3-2-4-12(17)9-11/h2-4,9,15,17H,5-8,10H2,1H3,(H,18,19). The lowest BCUT2D eigenvalue weighted by Crippen LogP contribution is -2.59. The third-order valence-corrected chi connectivity index (χ3v) is 3.73. The van der Waals surface area contributed by atoms with Gasteiger partial charge < -0.3 is 15.5 Å². The Hall–Kier alpha value is -1.59. The summed E-state index contributed by atoms with van der Waals surface area (Å²) in [6.45, 7) is 4.82. The molecule has 0 saturated carbocycles. The molecule has 3 N–H and O–H groups in total. The highest BCUT2D eigenvalue weighted by molar-refractivity contribution is 5.78. The Morgan fingerprint density at radius 3 is 2.68 bits per heavy atom. The number of carbonyl (C=O) groups is 1. The van der Waals surface area contributed by atoms with Gasteiger partial charge in [-0.05, 0) is 24.6 Å². The van der Waals surface area contributed by atoms with Gasteiger partial charge in [-0.25, -0.2) is 0 Å². The van der Waals surface area contributed by atoms with Crippen LogP contribution in [-0.2, 0) is 11.2 Å². The summed E-state index contributed by atoms with van der Waals surface area (Å²) < 4.78 is 0. The van der Waals surface area contributed by atoms with Crippen LogP contribution in [0.1, 0.15) is 12.5 Å². The number of nitrogens with zero attached hydrogens (tertiary/aromatic N) is 1. The van der Waals surface area contributed by atoms with E-state index < -0.39 is 11.5 Å². The predicted molar refractivity (Wildman–Crippen MR) is 72.3 cm³/mol. The fraction of sp³-hybridized carbons (Fsp3) is 0.500. The van der Waals surface area contributed by atoms with E-state index in [0.29, 0.717) is 6.42 Å². The molecule has 1 aliphatic heterocycles. The van der Waals surface area contributed by atoms with Crippen molar-refractivity contribution in [3.63, 3.8) is 0 Å². The molecule has 0 aliphatic carbocycles. The summed E-state index contributed by atoms with van der Waals surface area (Å²) in [6, 6.07) is 6.81. The summed E-state index contributed by atoms with van der Waals surface area (Å²) in [5, 5.41) is 22.3. The molecule has 1 unspecified atom stereocenters. The fourth-order valence-corrected chi connectivity index (χ4v) is 2.54. The summed E-state index contributed by atoms with van der Waals surface area (Å²) >= 11 is 0. The normalized spacial score (nSPS) is 19.8. The van der Waals surface area contributed by atoms with Crippen molar-refractivity contribution in [1.29, 1.82) is 0 Å². The predicted octanol–water partition coefficient (Wildman–Crippen LogP) is 0.683. The number of carboxylic acids is 1. The molecule has 0 bridgehead atoms. The van der Waals surface area contributed by atoms with Crippen molar-refractivity contribution in [2.45, 2.75) is 18.9 Å². The van der Waals surface area contributed by atoms with Gasteiger partial charge in [0.25, 0.3) is 0 Å². The van der Waals surface area contributed by atoms with Crippen molar-refractivity contribution in [3.05, 3.63) is 29.8 Å². The Labute approximate surface area is 112 Å². The molecule has 1 aromatic rings. The van der Waals surface area contributed by atoms with Crippen molar-refractivity contribution in [3.8, 4) is 5.75 Å². The van der Waals surface area contributed by atoms with Crippen LogP contribution in [0.2, 0.25) is 0 Å². The highest BCUT2D eigenvalue weighted by Gasteiger charge is 2.40. The lowest BCUT2D eigenvalue weighted by Gasteiger charge is -2.40. The summed E-state index contributed by atoms with van der Waals surface area (Å²) in [6.07, 6.45) is 0.386. The second kappa shape index (κ2) is 5.59. The molecule has 2 rings (SSSR count). The van der Waals surface area contributed by atoms with Crippen LogP contribution in [0, 0.1) is 0 Å². The van der Waals surface area contributed by atoms with Crippen molar-refractivity contribution in [1.82, 2.24) is 10.2 Å². The number of carboxylic acid groups (broad SMARTS) is 1. The summed E-state index contributed by atoms with van der Waals surface area (Å²) in [7, 11) is 0. The number of piperazine rings is 1. The Morgan fingerprint density at radius 2 is 2.11 bits per heavy atom. The third-order valence-electron chi connectivity index (χ3n) is 3.73. The topological polar surface area (TPSA) is 72.8 Å². The highest BCUT2D eigenvalue weighted by Crippen LogP contribution is 2.23. The van der Waals surface area contributed by atoms with E-state index in [2.05, 4.69) is 5.32 Å². The summed E-state index contributed by atoms with van der Waals surface area (Å²) in [5.41, 5.74) is -0.0981. The van der Waals surface area contributed by atoms with Crippen LogP contribution in [0.4, 0.5) is 0 Å². The molecule has 1 saturated heterocycles. The average molecular weight is 264 g/mol. The van der Waals surface area contributed by atoms with E-state index in [4.69, 9.17) is 0 Å². The number of hydrogen-bond donors (Lipinski definition) is 3. The number of rotatable bonds is 4. The number of phenolic OH excluding ortho intramolecular Hbond substituents is 1. The smallest absolute Gasteiger partial charge is 0.324 e. The monoisotopic (exact) mass is 264 g/mol. The Kier molecular flexibility index (Phi) is 4.07. The van der Waals surface area contributed by atoms with Gasteiger partial charge in [0.05, 0.1) is 0 Å². The number of aliphatic carboxylic acids is 1. The quantitative estimate of drug-likeness (QED) is 0.746. The van der Waals surface area contributed by atoms with Crippen molar-refractivity contribution in [2.24, 2.45) is 0 Å². The zero-order valence-electron chi connectivity index (χ0n) is 11.1. The first-order valence-electron chi connectivity index (χ1n) is 6.49. The molecule has 1 aliphatic rings. The SMILES string of the molecule is CC(Cc1cccc(O)c1)(C(=O)O)N1CCNCC1. The zero-order valence-corrected chi connectivity index (χ0v) is 11.1. The average Bonchev–Trinajstić information content (AvgIpc) is 2.39. The van der Waals surface area contributed by atoms with Gasteiger partial charge in [-0.15, -0.1) is 0 Å². The molecule has 0 aromatic heterocycles. The van der Waals surface area contributed by atoms with Gasteiger partial charge in [0.1, 0.15) is 11.3 Å². The molecule has 0 amide bonds. The van der Waals surface area contributed by atoms with Gasteiger partial charge in [-0.3, -0.25) is 9.69 Å². The van der Waals surface area contributed by atoms with Crippen LogP contribution in [0.25, 0.3) is 0 Å². The lowest BCUT2D eigenvalue weighted by molar-refractivity contribution is -0.151. The van der Waals surface area contributed by atoms with Gasteiger partial charge >= 0.3 is 5.97 Å². The molecular weight excluding hydrogens is 244 g/mol. The molecule has 1 fully saturated rings. The Balaban J connectivity index is 2.21.